The van der Waals surface area contributed by atoms with Gasteiger partial charge in [0.2, 0.25) is 5.91 Å². The maximum atomic E-state index is 12.6. The first-order valence-electron chi connectivity index (χ1n) is 9.04. The molecule has 1 amide bonds. The van der Waals surface area contributed by atoms with Crippen molar-refractivity contribution < 1.29 is 18.0 Å². The number of hydrogen-bond donors (Lipinski definition) is 1. The predicted molar refractivity (Wildman–Crippen MR) is 104 cm³/mol. The smallest absolute Gasteiger partial charge is 0.310 e. The van der Waals surface area contributed by atoms with E-state index >= 15 is 0 Å². The number of benzene rings is 1. The third kappa shape index (κ3) is 4.29. The first-order valence-corrected chi connectivity index (χ1v) is 10.0. The molecule has 5 nitrogen and oxygen atoms in total. The standard InChI is InChI=1S/C20H17F3N4OS/c21-20(22,23)13-9-10-18(24-11-13)29-12-17(28)25-19-15-7-4-8-16(15)26-27(19)14-5-2-1-3-6-14/h1-3,5-6,9-11H,4,7-8,12H2,(H,25,28). The van der Waals surface area contributed by atoms with Gasteiger partial charge in [0.05, 0.1) is 27.7 Å². The third-order valence-corrected chi connectivity index (χ3v) is 5.52. The quantitative estimate of drug-likeness (QED) is 0.620. The minimum Gasteiger partial charge on any atom is -0.310 e. The van der Waals surface area contributed by atoms with Crippen molar-refractivity contribution in [3.05, 3.63) is 65.5 Å². The number of rotatable bonds is 5. The van der Waals surface area contributed by atoms with Gasteiger partial charge in [0.15, 0.2) is 0 Å². The van der Waals surface area contributed by atoms with Crippen molar-refractivity contribution in [2.45, 2.75) is 30.5 Å². The van der Waals surface area contributed by atoms with Gasteiger partial charge in [-0.3, -0.25) is 4.79 Å². The van der Waals surface area contributed by atoms with Crippen LogP contribution in [0.5, 0.6) is 0 Å². The van der Waals surface area contributed by atoms with Crippen molar-refractivity contribution in [2.75, 3.05) is 11.1 Å². The molecule has 9 heteroatoms. The van der Waals surface area contributed by atoms with E-state index in [0.717, 1.165) is 60.2 Å². The monoisotopic (exact) mass is 418 g/mol. The molecule has 150 valence electrons. The number of carbonyl (C=O) groups excluding carboxylic acids is 1. The van der Waals surface area contributed by atoms with Crippen LogP contribution in [0.3, 0.4) is 0 Å². The van der Waals surface area contributed by atoms with Gasteiger partial charge in [-0.15, -0.1) is 0 Å². The van der Waals surface area contributed by atoms with Gasteiger partial charge in [-0.1, -0.05) is 30.0 Å². The lowest BCUT2D eigenvalue weighted by Gasteiger charge is -2.11. The van der Waals surface area contributed by atoms with E-state index in [9.17, 15) is 18.0 Å². The SMILES string of the molecule is O=C(CSc1ccc(C(F)(F)F)cn1)Nc1c2c(nn1-c1ccccc1)CCC2. The number of aromatic nitrogens is 3. The van der Waals surface area contributed by atoms with Gasteiger partial charge < -0.3 is 5.32 Å². The van der Waals surface area contributed by atoms with Crippen molar-refractivity contribution >= 4 is 23.5 Å². The zero-order chi connectivity index (χ0) is 20.4. The first kappa shape index (κ1) is 19.5. The predicted octanol–water partition coefficient (Wildman–Crippen LogP) is 4.51. The molecule has 0 atom stereocenters. The van der Waals surface area contributed by atoms with Crippen LogP contribution in [0.15, 0.2) is 53.7 Å². The number of hydrogen-bond acceptors (Lipinski definition) is 4. The molecule has 4 rings (SSSR count). The molecule has 3 aromatic rings. The van der Waals surface area contributed by atoms with Gasteiger partial charge in [-0.05, 0) is 43.5 Å². The van der Waals surface area contributed by atoms with E-state index in [1.165, 1.54) is 6.07 Å². The van der Waals surface area contributed by atoms with Crippen LogP contribution in [-0.4, -0.2) is 26.4 Å². The summed E-state index contributed by atoms with van der Waals surface area (Å²) in [5.41, 5.74) is 2.07. The Morgan fingerprint density at radius 3 is 2.62 bits per heavy atom. The minimum absolute atomic E-state index is 0.0348. The highest BCUT2D eigenvalue weighted by molar-refractivity contribution is 7.99. The fourth-order valence-corrected chi connectivity index (χ4v) is 3.86. The zero-order valence-corrected chi connectivity index (χ0v) is 16.1. The minimum atomic E-state index is -4.43. The maximum Gasteiger partial charge on any atom is 0.417 e. The van der Waals surface area contributed by atoms with Crippen LogP contribution in [0.1, 0.15) is 23.2 Å². The number of anilines is 1. The lowest BCUT2D eigenvalue weighted by Crippen LogP contribution is -2.18. The van der Waals surface area contributed by atoms with Crippen LogP contribution in [0.4, 0.5) is 19.0 Å². The second-order valence-corrected chi connectivity index (χ2v) is 7.59. The number of amides is 1. The average molecular weight is 418 g/mol. The summed E-state index contributed by atoms with van der Waals surface area (Å²) in [7, 11) is 0. The molecule has 2 heterocycles. The summed E-state index contributed by atoms with van der Waals surface area (Å²) in [5.74, 6) is 0.436. The van der Waals surface area contributed by atoms with Crippen LogP contribution >= 0.6 is 11.8 Å². The molecular formula is C20H17F3N4OS. The van der Waals surface area contributed by atoms with Gasteiger partial charge in [0.1, 0.15) is 5.82 Å². The van der Waals surface area contributed by atoms with Gasteiger partial charge in [-0.2, -0.15) is 18.3 Å². The number of nitrogens with zero attached hydrogens (tertiary/aromatic N) is 3. The highest BCUT2D eigenvalue weighted by atomic mass is 32.2. The average Bonchev–Trinajstić information content (AvgIpc) is 3.29. The molecule has 0 saturated carbocycles. The van der Waals surface area contributed by atoms with Crippen LogP contribution < -0.4 is 5.32 Å². The Morgan fingerprint density at radius 1 is 1.14 bits per heavy atom. The van der Waals surface area contributed by atoms with E-state index in [0.29, 0.717) is 10.8 Å². The molecule has 2 aromatic heterocycles. The Kier molecular flexibility index (Phi) is 5.31. The van der Waals surface area contributed by atoms with Gasteiger partial charge in [0, 0.05) is 11.8 Å². The van der Waals surface area contributed by atoms with E-state index in [-0.39, 0.29) is 11.7 Å². The van der Waals surface area contributed by atoms with Gasteiger partial charge in [-0.25, -0.2) is 9.67 Å². The molecule has 1 aliphatic rings. The summed E-state index contributed by atoms with van der Waals surface area (Å²) in [6.45, 7) is 0. The van der Waals surface area contributed by atoms with Crippen molar-refractivity contribution in [3.63, 3.8) is 0 Å². The molecule has 0 saturated heterocycles. The van der Waals surface area contributed by atoms with E-state index in [2.05, 4.69) is 15.4 Å². The van der Waals surface area contributed by atoms with Crippen molar-refractivity contribution in [2.24, 2.45) is 0 Å². The third-order valence-electron chi connectivity index (χ3n) is 4.58. The van der Waals surface area contributed by atoms with Crippen LogP contribution in [0.25, 0.3) is 5.69 Å². The van der Waals surface area contributed by atoms with Crippen LogP contribution in [0.2, 0.25) is 0 Å². The highest BCUT2D eigenvalue weighted by Gasteiger charge is 2.30. The van der Waals surface area contributed by atoms with Crippen LogP contribution in [0, 0.1) is 0 Å². The van der Waals surface area contributed by atoms with E-state index in [1.54, 1.807) is 4.68 Å². The number of halogens is 3. The molecule has 0 unspecified atom stereocenters. The number of carbonyl (C=O) groups is 1. The summed E-state index contributed by atoms with van der Waals surface area (Å²) in [6, 6.07) is 11.8. The van der Waals surface area contributed by atoms with Gasteiger partial charge >= 0.3 is 6.18 Å². The van der Waals surface area contributed by atoms with E-state index in [4.69, 9.17) is 0 Å². The summed E-state index contributed by atoms with van der Waals surface area (Å²) in [6.07, 6.45) is -0.921. The Hall–Kier alpha value is -2.81. The number of aryl methyl sites for hydroxylation is 1. The number of pyridine rings is 1. The fraction of sp³-hybridized carbons (Fsp3) is 0.250. The Labute approximate surface area is 169 Å². The number of fused-ring (bicyclic) bond motifs is 1. The van der Waals surface area contributed by atoms with E-state index < -0.39 is 11.7 Å². The maximum absolute atomic E-state index is 12.6. The molecule has 0 aliphatic heterocycles. The molecule has 1 aromatic carbocycles. The molecule has 29 heavy (non-hydrogen) atoms. The van der Waals surface area contributed by atoms with Gasteiger partial charge in [0.25, 0.3) is 0 Å². The molecular weight excluding hydrogens is 401 g/mol. The summed E-state index contributed by atoms with van der Waals surface area (Å²) in [4.78, 5) is 16.3. The number of nitrogens with one attached hydrogen (secondary N) is 1. The zero-order valence-electron chi connectivity index (χ0n) is 15.2. The number of thioether (sulfide) groups is 1. The molecule has 1 aliphatic carbocycles. The number of alkyl halides is 3. The molecule has 0 fully saturated rings. The Morgan fingerprint density at radius 2 is 1.93 bits per heavy atom. The lowest BCUT2D eigenvalue weighted by molar-refractivity contribution is -0.137. The second kappa shape index (κ2) is 7.90. The second-order valence-electron chi connectivity index (χ2n) is 6.59. The summed E-state index contributed by atoms with van der Waals surface area (Å²) in [5, 5.41) is 7.93. The lowest BCUT2D eigenvalue weighted by atomic mass is 10.2. The Bertz CT molecular complexity index is 1020. The largest absolute Gasteiger partial charge is 0.417 e. The number of para-hydroxylation sites is 1. The Balaban J connectivity index is 1.46. The highest BCUT2D eigenvalue weighted by Crippen LogP contribution is 2.32. The van der Waals surface area contributed by atoms with Crippen molar-refractivity contribution in [1.82, 2.24) is 14.8 Å². The molecule has 0 bridgehead atoms. The molecule has 1 N–H and O–H groups in total. The molecule has 0 radical (unpaired) electrons. The van der Waals surface area contributed by atoms with Crippen molar-refractivity contribution in [3.8, 4) is 5.69 Å². The summed E-state index contributed by atoms with van der Waals surface area (Å²) >= 11 is 1.08. The topological polar surface area (TPSA) is 59.8 Å². The van der Waals surface area contributed by atoms with E-state index in [1.807, 2.05) is 30.3 Å². The first-order chi connectivity index (χ1) is 13.9. The molecule has 0 spiro atoms. The normalized spacial score (nSPS) is 13.3. The van der Waals surface area contributed by atoms with Crippen molar-refractivity contribution in [1.29, 1.82) is 0 Å². The van der Waals surface area contributed by atoms with Crippen LogP contribution in [-0.2, 0) is 23.8 Å². The summed E-state index contributed by atoms with van der Waals surface area (Å²) < 4.78 is 39.6. The fourth-order valence-electron chi connectivity index (χ4n) is 3.22.